The van der Waals surface area contributed by atoms with Gasteiger partial charge in [-0.2, -0.15) is 4.80 Å². The van der Waals surface area contributed by atoms with Gasteiger partial charge in [0.25, 0.3) is 0 Å². The number of carbonyl (C=O) groups excluding carboxylic acids is 1. The number of hydrogen-bond acceptors (Lipinski definition) is 6. The van der Waals surface area contributed by atoms with Crippen LogP contribution in [0.25, 0.3) is 11.4 Å². The van der Waals surface area contributed by atoms with E-state index in [4.69, 9.17) is 0 Å². The van der Waals surface area contributed by atoms with Crippen LogP contribution < -0.4 is 10.0 Å². The molecular formula is C22H28N6O3S. The van der Waals surface area contributed by atoms with Crippen molar-refractivity contribution >= 4 is 15.9 Å². The molecule has 3 rings (SSSR count). The third-order valence-electron chi connectivity index (χ3n) is 4.60. The molecule has 0 saturated carbocycles. The zero-order valence-corrected chi connectivity index (χ0v) is 19.0. The van der Waals surface area contributed by atoms with Crippen molar-refractivity contribution in [2.45, 2.75) is 51.6 Å². The molecule has 1 aromatic heterocycles. The second-order valence-electron chi connectivity index (χ2n) is 7.76. The van der Waals surface area contributed by atoms with Crippen LogP contribution in [0.3, 0.4) is 0 Å². The Bertz CT molecular complexity index is 1130. The van der Waals surface area contributed by atoms with Crippen LogP contribution in [0.2, 0.25) is 0 Å². The highest BCUT2D eigenvalue weighted by Crippen LogP contribution is 2.13. The lowest BCUT2D eigenvalue weighted by Crippen LogP contribution is -2.31. The molecule has 0 aliphatic carbocycles. The summed E-state index contributed by atoms with van der Waals surface area (Å²) in [6.45, 7) is 4.30. The largest absolute Gasteiger partial charge is 0.352 e. The fraction of sp³-hybridized carbons (Fsp3) is 0.364. The van der Waals surface area contributed by atoms with E-state index in [9.17, 15) is 13.2 Å². The van der Waals surface area contributed by atoms with Gasteiger partial charge in [-0.3, -0.25) is 4.79 Å². The number of nitrogens with one attached hydrogen (secondary N) is 2. The Labute approximate surface area is 188 Å². The zero-order valence-electron chi connectivity index (χ0n) is 18.2. The lowest BCUT2D eigenvalue weighted by Gasteiger charge is -2.13. The van der Waals surface area contributed by atoms with Crippen LogP contribution in [-0.4, -0.2) is 40.6 Å². The summed E-state index contributed by atoms with van der Waals surface area (Å²) < 4.78 is 27.1. The van der Waals surface area contributed by atoms with Crippen molar-refractivity contribution in [2.75, 3.05) is 0 Å². The van der Waals surface area contributed by atoms with Gasteiger partial charge >= 0.3 is 0 Å². The Morgan fingerprint density at radius 1 is 1.03 bits per heavy atom. The molecule has 0 aliphatic heterocycles. The number of rotatable bonds is 11. The molecule has 0 spiro atoms. The summed E-state index contributed by atoms with van der Waals surface area (Å²) >= 11 is 0. The van der Waals surface area contributed by atoms with Gasteiger partial charge in [-0.05, 0) is 36.6 Å². The predicted octanol–water partition coefficient (Wildman–Crippen LogP) is 2.26. The normalized spacial score (nSPS) is 11.6. The summed E-state index contributed by atoms with van der Waals surface area (Å²) in [5.41, 5.74) is 2.34. The van der Waals surface area contributed by atoms with E-state index in [1.807, 2.05) is 42.5 Å². The van der Waals surface area contributed by atoms with Crippen LogP contribution in [0, 0.1) is 0 Å². The molecule has 0 aliphatic rings. The molecule has 10 heteroatoms. The summed E-state index contributed by atoms with van der Waals surface area (Å²) in [6.07, 6.45) is 0.863. The van der Waals surface area contributed by atoms with Gasteiger partial charge in [0, 0.05) is 24.6 Å². The second-order valence-corrected chi connectivity index (χ2v) is 9.51. The first-order chi connectivity index (χ1) is 15.3. The first-order valence-corrected chi connectivity index (χ1v) is 12.1. The van der Waals surface area contributed by atoms with E-state index >= 15 is 0 Å². The number of nitrogens with zero attached hydrogens (tertiary/aromatic N) is 4. The van der Waals surface area contributed by atoms with Crippen LogP contribution in [0.5, 0.6) is 0 Å². The van der Waals surface area contributed by atoms with Crippen molar-refractivity contribution in [3.05, 3.63) is 65.7 Å². The Morgan fingerprint density at radius 3 is 2.44 bits per heavy atom. The highest BCUT2D eigenvalue weighted by molar-refractivity contribution is 7.88. The average Bonchev–Trinajstić information content (AvgIpc) is 3.21. The average molecular weight is 457 g/mol. The molecule has 1 heterocycles. The number of tetrazole rings is 1. The SMILES string of the molecule is CC(C)NS(=O)(=O)Cc1ccccc1CNC(=O)CCCn1nnc(-c2ccccc2)n1. The third-order valence-corrected chi connectivity index (χ3v) is 6.12. The highest BCUT2D eigenvalue weighted by atomic mass is 32.2. The molecular weight excluding hydrogens is 428 g/mol. The van der Waals surface area contributed by atoms with E-state index in [0.29, 0.717) is 30.8 Å². The van der Waals surface area contributed by atoms with Crippen molar-refractivity contribution in [2.24, 2.45) is 0 Å². The maximum Gasteiger partial charge on any atom is 0.220 e. The van der Waals surface area contributed by atoms with Gasteiger partial charge in [0.1, 0.15) is 0 Å². The molecule has 2 N–H and O–H groups in total. The Morgan fingerprint density at radius 2 is 1.72 bits per heavy atom. The van der Waals surface area contributed by atoms with Gasteiger partial charge in [-0.1, -0.05) is 54.6 Å². The molecule has 0 unspecified atom stereocenters. The lowest BCUT2D eigenvalue weighted by molar-refractivity contribution is -0.121. The number of amides is 1. The smallest absolute Gasteiger partial charge is 0.220 e. The molecule has 0 radical (unpaired) electrons. The first kappa shape index (κ1) is 23.6. The van der Waals surface area contributed by atoms with E-state index in [-0.39, 0.29) is 24.2 Å². The number of aromatic nitrogens is 4. The summed E-state index contributed by atoms with van der Waals surface area (Å²) in [7, 11) is -3.44. The van der Waals surface area contributed by atoms with Crippen molar-refractivity contribution < 1.29 is 13.2 Å². The molecule has 0 fully saturated rings. The monoisotopic (exact) mass is 456 g/mol. The van der Waals surface area contributed by atoms with E-state index in [0.717, 1.165) is 11.1 Å². The van der Waals surface area contributed by atoms with E-state index in [2.05, 4.69) is 25.4 Å². The molecule has 0 atom stereocenters. The highest BCUT2D eigenvalue weighted by Gasteiger charge is 2.15. The molecule has 170 valence electrons. The van der Waals surface area contributed by atoms with Gasteiger partial charge < -0.3 is 5.32 Å². The van der Waals surface area contributed by atoms with E-state index in [1.54, 1.807) is 26.0 Å². The summed E-state index contributed by atoms with van der Waals surface area (Å²) in [5.74, 6) is 0.304. The fourth-order valence-electron chi connectivity index (χ4n) is 3.18. The maximum absolute atomic E-state index is 12.3. The summed E-state index contributed by atoms with van der Waals surface area (Å²) in [5, 5.41) is 15.3. The Balaban J connectivity index is 1.47. The molecule has 2 aromatic carbocycles. The van der Waals surface area contributed by atoms with Gasteiger partial charge in [0.2, 0.25) is 21.8 Å². The Kier molecular flexibility index (Phi) is 8.07. The molecule has 32 heavy (non-hydrogen) atoms. The minimum atomic E-state index is -3.44. The molecule has 1 amide bonds. The topological polar surface area (TPSA) is 119 Å². The summed E-state index contributed by atoms with van der Waals surface area (Å²) in [6, 6.07) is 16.6. The second kappa shape index (κ2) is 11.0. The summed E-state index contributed by atoms with van der Waals surface area (Å²) in [4.78, 5) is 13.8. The van der Waals surface area contributed by atoms with Gasteiger partial charge in [-0.15, -0.1) is 10.2 Å². The molecule has 0 bridgehead atoms. The van der Waals surface area contributed by atoms with Crippen molar-refractivity contribution in [1.29, 1.82) is 0 Å². The zero-order chi connectivity index (χ0) is 23.0. The van der Waals surface area contributed by atoms with Gasteiger partial charge in [-0.25, -0.2) is 13.1 Å². The molecule has 3 aromatic rings. The number of benzene rings is 2. The Hall–Kier alpha value is -3.11. The van der Waals surface area contributed by atoms with E-state index < -0.39 is 10.0 Å². The lowest BCUT2D eigenvalue weighted by atomic mass is 10.1. The molecule has 0 saturated heterocycles. The number of aryl methyl sites for hydroxylation is 1. The van der Waals surface area contributed by atoms with Crippen molar-refractivity contribution in [3.63, 3.8) is 0 Å². The minimum Gasteiger partial charge on any atom is -0.352 e. The van der Waals surface area contributed by atoms with Crippen LogP contribution >= 0.6 is 0 Å². The maximum atomic E-state index is 12.3. The van der Waals surface area contributed by atoms with Crippen molar-refractivity contribution in [1.82, 2.24) is 30.2 Å². The van der Waals surface area contributed by atoms with Crippen LogP contribution in [0.15, 0.2) is 54.6 Å². The number of hydrogen-bond donors (Lipinski definition) is 2. The number of carbonyl (C=O) groups is 1. The third kappa shape index (κ3) is 7.24. The van der Waals surface area contributed by atoms with Crippen molar-refractivity contribution in [3.8, 4) is 11.4 Å². The quantitative estimate of drug-likeness (QED) is 0.457. The van der Waals surface area contributed by atoms with Gasteiger partial charge in [0.15, 0.2) is 0 Å². The van der Waals surface area contributed by atoms with Crippen LogP contribution in [0.4, 0.5) is 0 Å². The van der Waals surface area contributed by atoms with Crippen LogP contribution in [-0.2, 0) is 33.7 Å². The standard InChI is InChI=1S/C22H28N6O3S/c1-17(2)26-32(30,31)16-20-12-7-6-11-19(20)15-23-21(29)13-8-14-28-25-22(24-27-28)18-9-4-3-5-10-18/h3-7,9-12,17,26H,8,13-16H2,1-2H3,(H,23,29). The van der Waals surface area contributed by atoms with Crippen LogP contribution in [0.1, 0.15) is 37.8 Å². The van der Waals surface area contributed by atoms with Gasteiger partial charge in [0.05, 0.1) is 12.3 Å². The molecule has 9 nitrogen and oxygen atoms in total. The number of sulfonamides is 1. The van der Waals surface area contributed by atoms with E-state index in [1.165, 1.54) is 4.80 Å². The first-order valence-electron chi connectivity index (χ1n) is 10.5. The predicted molar refractivity (Wildman–Crippen MR) is 122 cm³/mol. The minimum absolute atomic E-state index is 0.119. The fourth-order valence-corrected chi connectivity index (χ4v) is 4.67.